The summed E-state index contributed by atoms with van der Waals surface area (Å²) < 4.78 is 28.2. The lowest BCUT2D eigenvalue weighted by atomic mass is 9.96. The lowest BCUT2D eigenvalue weighted by Crippen LogP contribution is -2.43. The van der Waals surface area contributed by atoms with Crippen LogP contribution in [0.2, 0.25) is 0 Å². The number of hydrogen-bond donors (Lipinski definition) is 1. The van der Waals surface area contributed by atoms with Gasteiger partial charge in [-0.25, -0.2) is 13.1 Å². The molecule has 0 saturated carbocycles. The van der Waals surface area contributed by atoms with Crippen LogP contribution < -0.4 is 4.72 Å². The average molecular weight is 381 g/mol. The fraction of sp³-hybridized carbons (Fsp3) is 0.600. The van der Waals surface area contributed by atoms with Crippen molar-refractivity contribution in [3.63, 3.8) is 0 Å². The second-order valence-electron chi connectivity index (χ2n) is 6.49. The van der Waals surface area contributed by atoms with Crippen LogP contribution in [0, 0.1) is 0 Å². The molecule has 0 atom stereocenters. The van der Waals surface area contributed by atoms with Crippen LogP contribution in [0.4, 0.5) is 0 Å². The van der Waals surface area contributed by atoms with Crippen molar-refractivity contribution >= 4 is 15.9 Å². The monoisotopic (exact) mass is 381 g/mol. The number of aromatic nitrogens is 5. The predicted octanol–water partition coefficient (Wildman–Crippen LogP) is -0.685. The van der Waals surface area contributed by atoms with Gasteiger partial charge in [-0.2, -0.15) is 5.10 Å². The van der Waals surface area contributed by atoms with Crippen molar-refractivity contribution < 1.29 is 13.2 Å². The van der Waals surface area contributed by atoms with Gasteiger partial charge >= 0.3 is 0 Å². The van der Waals surface area contributed by atoms with E-state index >= 15 is 0 Å². The normalized spacial score (nSPS) is 16.2. The van der Waals surface area contributed by atoms with E-state index in [1.54, 1.807) is 15.8 Å². The van der Waals surface area contributed by atoms with Crippen LogP contribution in [0.1, 0.15) is 30.4 Å². The molecule has 3 heterocycles. The minimum absolute atomic E-state index is 0.193. The SMILES string of the molecule is Cn1c(Cn2cccn2)nnc1C1CCN(C(=O)CNS(C)(=O)=O)CC1. The quantitative estimate of drug-likeness (QED) is 0.709. The molecule has 1 N–H and O–H groups in total. The standard InChI is InChI=1S/C15H23N7O3S/c1-20-13(11-22-7-3-6-16-22)18-19-15(20)12-4-8-21(9-5-12)14(23)10-17-26(2,24)25/h3,6-7,12,17H,4-5,8-11H2,1-2H3. The topological polar surface area (TPSA) is 115 Å². The average Bonchev–Trinajstić information content (AvgIpc) is 3.23. The summed E-state index contributed by atoms with van der Waals surface area (Å²) in [6, 6.07) is 1.86. The van der Waals surface area contributed by atoms with Crippen molar-refractivity contribution in [2.45, 2.75) is 25.3 Å². The summed E-state index contributed by atoms with van der Waals surface area (Å²) in [5, 5.41) is 12.8. The number of nitrogens with one attached hydrogen (secondary N) is 1. The van der Waals surface area contributed by atoms with E-state index in [9.17, 15) is 13.2 Å². The Labute approximate surface area is 152 Å². The molecule has 1 aliphatic rings. The first-order chi connectivity index (χ1) is 12.3. The summed E-state index contributed by atoms with van der Waals surface area (Å²) in [6.45, 7) is 1.53. The second-order valence-corrected chi connectivity index (χ2v) is 8.32. The first-order valence-electron chi connectivity index (χ1n) is 8.41. The molecular weight excluding hydrogens is 358 g/mol. The van der Waals surface area contributed by atoms with E-state index in [-0.39, 0.29) is 18.4 Å². The largest absolute Gasteiger partial charge is 0.342 e. The minimum atomic E-state index is -3.36. The number of piperidine rings is 1. The third-order valence-electron chi connectivity index (χ3n) is 4.56. The maximum absolute atomic E-state index is 12.1. The maximum atomic E-state index is 12.1. The van der Waals surface area contributed by atoms with Crippen molar-refractivity contribution in [2.75, 3.05) is 25.9 Å². The van der Waals surface area contributed by atoms with Crippen molar-refractivity contribution in [3.8, 4) is 0 Å². The Kier molecular flexibility index (Phi) is 5.37. The molecule has 0 radical (unpaired) electrons. The number of likely N-dealkylation sites (tertiary alicyclic amines) is 1. The molecule has 1 fully saturated rings. The van der Waals surface area contributed by atoms with E-state index in [0.29, 0.717) is 19.6 Å². The molecule has 0 spiro atoms. The molecule has 11 heteroatoms. The van der Waals surface area contributed by atoms with Crippen LogP contribution in [0.3, 0.4) is 0 Å². The van der Waals surface area contributed by atoms with E-state index in [0.717, 1.165) is 30.7 Å². The van der Waals surface area contributed by atoms with Gasteiger partial charge in [0.15, 0.2) is 5.82 Å². The first kappa shape index (κ1) is 18.5. The number of hydrogen-bond acceptors (Lipinski definition) is 6. The highest BCUT2D eigenvalue weighted by Crippen LogP contribution is 2.26. The van der Waals surface area contributed by atoms with Gasteiger partial charge in [0.1, 0.15) is 12.4 Å². The molecule has 0 unspecified atom stereocenters. The van der Waals surface area contributed by atoms with Crippen molar-refractivity contribution in [3.05, 3.63) is 30.1 Å². The van der Waals surface area contributed by atoms with E-state index < -0.39 is 10.0 Å². The molecule has 26 heavy (non-hydrogen) atoms. The van der Waals surface area contributed by atoms with E-state index in [2.05, 4.69) is 20.0 Å². The van der Waals surface area contributed by atoms with Crippen LogP contribution in [0.5, 0.6) is 0 Å². The fourth-order valence-electron chi connectivity index (χ4n) is 3.10. The number of rotatable bonds is 6. The molecule has 0 aromatic carbocycles. The molecule has 10 nitrogen and oxygen atoms in total. The van der Waals surface area contributed by atoms with Crippen LogP contribution in [-0.2, 0) is 28.4 Å². The van der Waals surface area contributed by atoms with Gasteiger partial charge < -0.3 is 9.47 Å². The first-order valence-corrected chi connectivity index (χ1v) is 10.3. The Hall–Kier alpha value is -2.27. The highest BCUT2D eigenvalue weighted by atomic mass is 32.2. The molecule has 2 aromatic heterocycles. The molecule has 0 bridgehead atoms. The molecule has 142 valence electrons. The molecule has 3 rings (SSSR count). The van der Waals surface area contributed by atoms with Gasteiger partial charge in [0, 0.05) is 38.4 Å². The van der Waals surface area contributed by atoms with E-state index in [4.69, 9.17) is 0 Å². The Bertz CT molecular complexity index is 852. The van der Waals surface area contributed by atoms with Gasteiger partial charge in [0.05, 0.1) is 12.8 Å². The summed E-state index contributed by atoms with van der Waals surface area (Å²) in [4.78, 5) is 13.8. The number of nitrogens with zero attached hydrogens (tertiary/aromatic N) is 6. The van der Waals surface area contributed by atoms with E-state index in [1.165, 1.54) is 0 Å². The third kappa shape index (κ3) is 4.47. The van der Waals surface area contributed by atoms with E-state index in [1.807, 2.05) is 23.9 Å². The van der Waals surface area contributed by atoms with Crippen LogP contribution in [0.15, 0.2) is 18.5 Å². The Morgan fingerprint density at radius 2 is 2.04 bits per heavy atom. The summed E-state index contributed by atoms with van der Waals surface area (Å²) in [6.07, 6.45) is 6.20. The zero-order valence-electron chi connectivity index (χ0n) is 14.9. The lowest BCUT2D eigenvalue weighted by molar-refractivity contribution is -0.131. The summed E-state index contributed by atoms with van der Waals surface area (Å²) in [7, 11) is -1.42. The van der Waals surface area contributed by atoms with Crippen molar-refractivity contribution in [1.82, 2.24) is 34.2 Å². The highest BCUT2D eigenvalue weighted by molar-refractivity contribution is 7.88. The van der Waals surface area contributed by atoms with Gasteiger partial charge in [-0.3, -0.25) is 9.48 Å². The fourth-order valence-corrected chi connectivity index (χ4v) is 3.48. The van der Waals surface area contributed by atoms with Gasteiger partial charge in [0.2, 0.25) is 15.9 Å². The second kappa shape index (κ2) is 7.54. The molecule has 2 aromatic rings. The third-order valence-corrected chi connectivity index (χ3v) is 5.23. The van der Waals surface area contributed by atoms with Gasteiger partial charge in [-0.05, 0) is 18.9 Å². The number of carbonyl (C=O) groups is 1. The summed E-state index contributed by atoms with van der Waals surface area (Å²) >= 11 is 0. The number of amides is 1. The highest BCUT2D eigenvalue weighted by Gasteiger charge is 2.27. The molecule has 1 saturated heterocycles. The number of sulfonamides is 1. The zero-order chi connectivity index (χ0) is 18.7. The van der Waals surface area contributed by atoms with Gasteiger partial charge in [-0.1, -0.05) is 0 Å². The van der Waals surface area contributed by atoms with Gasteiger partial charge in [0.25, 0.3) is 0 Å². The van der Waals surface area contributed by atoms with Gasteiger partial charge in [-0.15, -0.1) is 10.2 Å². The van der Waals surface area contributed by atoms with Crippen LogP contribution in [-0.4, -0.2) is 69.7 Å². The number of carbonyl (C=O) groups excluding carboxylic acids is 1. The summed E-state index contributed by atoms with van der Waals surface area (Å²) in [5.74, 6) is 1.77. The van der Waals surface area contributed by atoms with Crippen LogP contribution >= 0.6 is 0 Å². The Balaban J connectivity index is 1.56. The molecule has 1 amide bonds. The molecule has 0 aliphatic carbocycles. The van der Waals surface area contributed by atoms with Crippen LogP contribution in [0.25, 0.3) is 0 Å². The smallest absolute Gasteiger partial charge is 0.237 e. The molecular formula is C15H23N7O3S. The lowest BCUT2D eigenvalue weighted by Gasteiger charge is -2.31. The summed E-state index contributed by atoms with van der Waals surface area (Å²) in [5.41, 5.74) is 0. The molecule has 1 aliphatic heterocycles. The van der Waals surface area contributed by atoms with Crippen molar-refractivity contribution in [2.24, 2.45) is 7.05 Å². The Morgan fingerprint density at radius 1 is 1.31 bits per heavy atom. The minimum Gasteiger partial charge on any atom is -0.342 e. The van der Waals surface area contributed by atoms with Crippen molar-refractivity contribution in [1.29, 1.82) is 0 Å². The zero-order valence-corrected chi connectivity index (χ0v) is 15.7. The predicted molar refractivity (Wildman–Crippen MR) is 93.7 cm³/mol. The Morgan fingerprint density at radius 3 is 2.65 bits per heavy atom. The maximum Gasteiger partial charge on any atom is 0.237 e.